The normalized spacial score (nSPS) is 16.7. The second-order valence-corrected chi connectivity index (χ2v) is 11.7. The van der Waals surface area contributed by atoms with Crippen molar-refractivity contribution in [3.63, 3.8) is 0 Å². The van der Waals surface area contributed by atoms with Crippen LogP contribution in [0.3, 0.4) is 0 Å². The van der Waals surface area contributed by atoms with Crippen molar-refractivity contribution in [2.45, 2.75) is 70.7 Å². The van der Waals surface area contributed by atoms with Gasteiger partial charge in [0.05, 0.1) is 0 Å². The number of likely N-dealkylation sites (tertiary alicyclic amines) is 1. The standard InChI is InChI=1S/C35H41N5O6/c1-22(2)26-13-11-25(12-14-26)21-46-34(43)39-31(36)28-15-9-24(10-16-28)20-37-32(41)23(3)38-33(42)30-19-29(17-18-40(30)35(44)45)27-7-5-4-6-8-27/h4-16,22-23,29-30H,17-21H2,1-3H3,(H,37,41)(H,38,42)(H,44,45)(H2,36,39,43)/t23-,29-,30+/m0/s1. The van der Waals surface area contributed by atoms with Gasteiger partial charge in [-0.2, -0.15) is 0 Å². The summed E-state index contributed by atoms with van der Waals surface area (Å²) in [7, 11) is 0. The third-order valence-corrected chi connectivity index (χ3v) is 8.13. The van der Waals surface area contributed by atoms with Gasteiger partial charge in [0.1, 0.15) is 24.5 Å². The van der Waals surface area contributed by atoms with Crippen LogP contribution in [0.5, 0.6) is 0 Å². The Morgan fingerprint density at radius 3 is 2.22 bits per heavy atom. The smallest absolute Gasteiger partial charge is 0.413 e. The molecule has 1 aliphatic heterocycles. The Kier molecular flexibility index (Phi) is 11.5. The lowest BCUT2D eigenvalue weighted by atomic mass is 9.85. The Morgan fingerprint density at radius 1 is 0.935 bits per heavy atom. The maximum Gasteiger partial charge on any atom is 0.413 e. The van der Waals surface area contributed by atoms with Gasteiger partial charge in [0.25, 0.3) is 0 Å². The second-order valence-electron chi connectivity index (χ2n) is 11.7. The SMILES string of the molecule is CC(C)c1ccc(COC(=O)NC(=N)c2ccc(CNC(=O)[C@H](C)NC(=O)[C@H]3C[C@@H](c4ccccc4)CCN3C(=O)O)cc2)cc1. The zero-order valence-electron chi connectivity index (χ0n) is 26.3. The van der Waals surface area contributed by atoms with E-state index in [4.69, 9.17) is 10.1 Å². The molecule has 1 saturated heterocycles. The number of benzene rings is 3. The van der Waals surface area contributed by atoms with E-state index in [1.165, 1.54) is 5.56 Å². The minimum absolute atomic E-state index is 0.0366. The highest BCUT2D eigenvalue weighted by atomic mass is 16.5. The fourth-order valence-electron chi connectivity index (χ4n) is 5.34. The molecular weight excluding hydrogens is 586 g/mol. The zero-order valence-corrected chi connectivity index (χ0v) is 26.3. The highest BCUT2D eigenvalue weighted by molar-refractivity contribution is 6.04. The van der Waals surface area contributed by atoms with Crippen molar-refractivity contribution in [2.24, 2.45) is 0 Å². The molecule has 0 radical (unpaired) electrons. The molecule has 0 unspecified atom stereocenters. The lowest BCUT2D eigenvalue weighted by molar-refractivity contribution is -0.132. The average Bonchev–Trinajstić information content (AvgIpc) is 3.06. The molecule has 3 aromatic carbocycles. The quantitative estimate of drug-likeness (QED) is 0.155. The van der Waals surface area contributed by atoms with Gasteiger partial charge in [0, 0.05) is 18.7 Å². The molecule has 1 aliphatic rings. The van der Waals surface area contributed by atoms with E-state index in [9.17, 15) is 24.3 Å². The molecular formula is C35H41N5O6. The summed E-state index contributed by atoms with van der Waals surface area (Å²) in [4.78, 5) is 51.1. The summed E-state index contributed by atoms with van der Waals surface area (Å²) in [5.41, 5.74) is 4.29. The molecule has 5 N–H and O–H groups in total. The van der Waals surface area contributed by atoms with Gasteiger partial charge < -0.3 is 20.5 Å². The predicted molar refractivity (Wildman–Crippen MR) is 174 cm³/mol. The molecule has 3 aromatic rings. The zero-order chi connectivity index (χ0) is 33.2. The molecule has 1 fully saturated rings. The molecule has 0 aromatic heterocycles. The van der Waals surface area contributed by atoms with Gasteiger partial charge >= 0.3 is 12.2 Å². The maximum absolute atomic E-state index is 13.1. The molecule has 0 spiro atoms. The van der Waals surface area contributed by atoms with Crippen LogP contribution < -0.4 is 16.0 Å². The number of carbonyl (C=O) groups excluding carboxylic acids is 3. The molecule has 0 aliphatic carbocycles. The summed E-state index contributed by atoms with van der Waals surface area (Å²) in [5.74, 6) is -0.616. The van der Waals surface area contributed by atoms with E-state index in [1.807, 2.05) is 54.6 Å². The van der Waals surface area contributed by atoms with Crippen LogP contribution in [-0.2, 0) is 27.5 Å². The molecule has 4 rings (SSSR count). The number of carboxylic acid groups (broad SMARTS) is 1. The summed E-state index contributed by atoms with van der Waals surface area (Å²) in [6.45, 7) is 6.23. The molecule has 3 atom stereocenters. The Balaban J connectivity index is 1.23. The van der Waals surface area contributed by atoms with Gasteiger partial charge in [-0.05, 0) is 53.9 Å². The first-order valence-electron chi connectivity index (χ1n) is 15.3. The summed E-state index contributed by atoms with van der Waals surface area (Å²) in [6.07, 6.45) is -0.959. The number of amides is 4. The molecule has 46 heavy (non-hydrogen) atoms. The van der Waals surface area contributed by atoms with Gasteiger partial charge in [-0.25, -0.2) is 9.59 Å². The van der Waals surface area contributed by atoms with Crippen LogP contribution in [0.2, 0.25) is 0 Å². The molecule has 11 nitrogen and oxygen atoms in total. The fourth-order valence-corrected chi connectivity index (χ4v) is 5.34. The number of hydrogen-bond donors (Lipinski definition) is 5. The summed E-state index contributed by atoms with van der Waals surface area (Å²) in [6, 6.07) is 22.4. The minimum atomic E-state index is -1.17. The van der Waals surface area contributed by atoms with Crippen molar-refractivity contribution in [2.75, 3.05) is 6.54 Å². The van der Waals surface area contributed by atoms with Gasteiger partial charge in [-0.3, -0.25) is 25.2 Å². The van der Waals surface area contributed by atoms with Crippen LogP contribution in [0.25, 0.3) is 0 Å². The Labute approximate surface area is 268 Å². The first kappa shape index (κ1) is 33.7. The lowest BCUT2D eigenvalue weighted by Crippen LogP contribution is -2.56. The third kappa shape index (κ3) is 9.16. The fraction of sp³-hybridized carbons (Fsp3) is 0.343. The summed E-state index contributed by atoms with van der Waals surface area (Å²) >= 11 is 0. The van der Waals surface area contributed by atoms with Crippen LogP contribution in [-0.4, -0.2) is 58.5 Å². The molecule has 11 heteroatoms. The van der Waals surface area contributed by atoms with Crippen molar-refractivity contribution in [3.8, 4) is 0 Å². The largest absolute Gasteiger partial charge is 0.465 e. The number of carbonyl (C=O) groups is 4. The number of ether oxygens (including phenoxy) is 1. The van der Waals surface area contributed by atoms with Crippen LogP contribution in [0, 0.1) is 5.41 Å². The number of alkyl carbamates (subject to hydrolysis) is 1. The Morgan fingerprint density at radius 2 is 1.59 bits per heavy atom. The second kappa shape index (κ2) is 15.7. The van der Waals surface area contributed by atoms with Crippen LogP contribution in [0.1, 0.15) is 73.3 Å². The van der Waals surface area contributed by atoms with Crippen LogP contribution >= 0.6 is 0 Å². The van der Waals surface area contributed by atoms with E-state index in [0.717, 1.165) is 21.6 Å². The van der Waals surface area contributed by atoms with Crippen LogP contribution in [0.4, 0.5) is 9.59 Å². The number of rotatable bonds is 10. The number of nitrogens with zero attached hydrogens (tertiary/aromatic N) is 1. The number of amidine groups is 1. The number of hydrogen-bond acceptors (Lipinski definition) is 6. The average molecular weight is 628 g/mol. The summed E-state index contributed by atoms with van der Waals surface area (Å²) < 4.78 is 5.24. The van der Waals surface area contributed by atoms with Gasteiger partial charge in [0.15, 0.2) is 0 Å². The Bertz CT molecular complexity index is 1530. The molecule has 4 amide bonds. The van der Waals surface area contributed by atoms with Crippen molar-refractivity contribution in [1.82, 2.24) is 20.9 Å². The lowest BCUT2D eigenvalue weighted by Gasteiger charge is -2.37. The molecule has 242 valence electrons. The van der Waals surface area contributed by atoms with E-state index in [2.05, 4.69) is 29.8 Å². The van der Waals surface area contributed by atoms with E-state index in [-0.39, 0.29) is 31.4 Å². The monoisotopic (exact) mass is 627 g/mol. The Hall–Kier alpha value is -5.19. The van der Waals surface area contributed by atoms with Crippen molar-refractivity contribution < 1.29 is 29.0 Å². The van der Waals surface area contributed by atoms with Crippen molar-refractivity contribution >= 4 is 29.8 Å². The highest BCUT2D eigenvalue weighted by Gasteiger charge is 2.37. The van der Waals surface area contributed by atoms with E-state index >= 15 is 0 Å². The third-order valence-electron chi connectivity index (χ3n) is 8.13. The van der Waals surface area contributed by atoms with Crippen LogP contribution in [0.15, 0.2) is 78.9 Å². The predicted octanol–water partition coefficient (Wildman–Crippen LogP) is 5.11. The van der Waals surface area contributed by atoms with Gasteiger partial charge in [0.2, 0.25) is 11.8 Å². The molecule has 0 bridgehead atoms. The maximum atomic E-state index is 13.1. The number of piperidine rings is 1. The minimum Gasteiger partial charge on any atom is -0.465 e. The van der Waals surface area contributed by atoms with Crippen molar-refractivity contribution in [1.29, 1.82) is 5.41 Å². The van der Waals surface area contributed by atoms with Gasteiger partial charge in [-0.1, -0.05) is 92.7 Å². The first-order chi connectivity index (χ1) is 22.0. The van der Waals surface area contributed by atoms with Crippen molar-refractivity contribution in [3.05, 3.63) is 107 Å². The molecule has 0 saturated carbocycles. The number of nitrogens with one attached hydrogen (secondary N) is 4. The van der Waals surface area contributed by atoms with E-state index in [0.29, 0.717) is 24.3 Å². The summed E-state index contributed by atoms with van der Waals surface area (Å²) in [5, 5.41) is 25.8. The first-order valence-corrected chi connectivity index (χ1v) is 15.3. The topological polar surface area (TPSA) is 161 Å². The van der Waals surface area contributed by atoms with E-state index < -0.39 is 36.1 Å². The molecule has 1 heterocycles. The van der Waals surface area contributed by atoms with Gasteiger partial charge in [-0.15, -0.1) is 0 Å². The van der Waals surface area contributed by atoms with E-state index in [1.54, 1.807) is 31.2 Å². The highest BCUT2D eigenvalue weighted by Crippen LogP contribution is 2.31.